The van der Waals surface area contributed by atoms with E-state index in [1.807, 2.05) is 0 Å². The minimum Gasteiger partial charge on any atom is -0.497 e. The van der Waals surface area contributed by atoms with E-state index in [2.05, 4.69) is 10.6 Å². The smallest absolute Gasteiger partial charge is 0.257 e. The summed E-state index contributed by atoms with van der Waals surface area (Å²) in [7, 11) is 1.55. The van der Waals surface area contributed by atoms with Gasteiger partial charge in [-0.15, -0.1) is 0 Å². The molecule has 0 radical (unpaired) electrons. The number of ether oxygens (including phenoxy) is 1. The Morgan fingerprint density at radius 3 is 2.25 bits per heavy atom. The van der Waals surface area contributed by atoms with Crippen LogP contribution in [0, 0.1) is 12.7 Å². The van der Waals surface area contributed by atoms with Crippen LogP contribution in [-0.2, 0) is 0 Å². The van der Waals surface area contributed by atoms with Crippen molar-refractivity contribution in [1.82, 2.24) is 0 Å². The maximum atomic E-state index is 13.5. The zero-order chi connectivity index (χ0) is 20.1. The molecule has 142 valence electrons. The van der Waals surface area contributed by atoms with Crippen LogP contribution in [0.1, 0.15) is 26.3 Å². The summed E-state index contributed by atoms with van der Waals surface area (Å²) in [5, 5.41) is 5.43. The van der Waals surface area contributed by atoms with E-state index in [4.69, 9.17) is 4.74 Å². The van der Waals surface area contributed by atoms with Crippen LogP contribution in [0.25, 0.3) is 0 Å². The summed E-state index contributed by atoms with van der Waals surface area (Å²) in [5.74, 6) is -0.604. The van der Waals surface area contributed by atoms with Crippen molar-refractivity contribution >= 4 is 23.2 Å². The number of carbonyl (C=O) groups excluding carboxylic acids is 2. The molecule has 0 saturated carbocycles. The Hall–Kier alpha value is -3.67. The van der Waals surface area contributed by atoms with Gasteiger partial charge in [0.1, 0.15) is 11.6 Å². The minimum absolute atomic E-state index is 0.271. The first-order valence-corrected chi connectivity index (χ1v) is 8.60. The number of methoxy groups -OCH3 is 1. The van der Waals surface area contributed by atoms with Gasteiger partial charge >= 0.3 is 0 Å². The summed E-state index contributed by atoms with van der Waals surface area (Å²) >= 11 is 0. The van der Waals surface area contributed by atoms with Crippen molar-refractivity contribution in [2.45, 2.75) is 6.92 Å². The Balaban J connectivity index is 1.81. The van der Waals surface area contributed by atoms with E-state index in [1.165, 1.54) is 12.1 Å². The minimum atomic E-state index is -0.445. The number of hydrogen-bond acceptors (Lipinski definition) is 3. The van der Waals surface area contributed by atoms with E-state index >= 15 is 0 Å². The molecular weight excluding hydrogens is 359 g/mol. The summed E-state index contributed by atoms with van der Waals surface area (Å²) in [6, 6.07) is 17.4. The molecule has 0 atom stereocenters. The normalized spacial score (nSPS) is 10.2. The molecule has 0 spiro atoms. The lowest BCUT2D eigenvalue weighted by Crippen LogP contribution is -2.18. The average Bonchev–Trinajstić information content (AvgIpc) is 2.71. The number of benzene rings is 3. The van der Waals surface area contributed by atoms with E-state index in [0.29, 0.717) is 22.7 Å². The Kier molecular flexibility index (Phi) is 5.69. The monoisotopic (exact) mass is 378 g/mol. The molecule has 0 fully saturated rings. The van der Waals surface area contributed by atoms with Crippen LogP contribution < -0.4 is 15.4 Å². The topological polar surface area (TPSA) is 67.4 Å². The van der Waals surface area contributed by atoms with Crippen molar-refractivity contribution in [3.8, 4) is 5.75 Å². The molecule has 3 rings (SSSR count). The zero-order valence-corrected chi connectivity index (χ0v) is 15.5. The highest BCUT2D eigenvalue weighted by molar-refractivity contribution is 6.12. The fourth-order valence-electron chi connectivity index (χ4n) is 2.65. The first kappa shape index (κ1) is 19.1. The quantitative estimate of drug-likeness (QED) is 0.679. The number of para-hydroxylation sites is 1. The second kappa shape index (κ2) is 8.35. The van der Waals surface area contributed by atoms with Crippen LogP contribution >= 0.6 is 0 Å². The predicted octanol–water partition coefficient (Wildman–Crippen LogP) is 4.65. The molecule has 0 aliphatic carbocycles. The van der Waals surface area contributed by atoms with Gasteiger partial charge < -0.3 is 15.4 Å². The molecule has 2 N–H and O–H groups in total. The van der Waals surface area contributed by atoms with Gasteiger partial charge in [-0.05, 0) is 61.0 Å². The third kappa shape index (κ3) is 4.35. The lowest BCUT2D eigenvalue weighted by atomic mass is 10.1. The summed E-state index contributed by atoms with van der Waals surface area (Å²) in [5.41, 5.74) is 2.16. The highest BCUT2D eigenvalue weighted by Crippen LogP contribution is 2.21. The van der Waals surface area contributed by atoms with Crippen molar-refractivity contribution in [1.29, 1.82) is 0 Å². The number of nitrogens with one attached hydrogen (secondary N) is 2. The van der Waals surface area contributed by atoms with Crippen LogP contribution in [0.5, 0.6) is 5.75 Å². The molecule has 0 aromatic heterocycles. The summed E-state index contributed by atoms with van der Waals surface area (Å²) in [6.07, 6.45) is 0. The van der Waals surface area contributed by atoms with E-state index in [-0.39, 0.29) is 11.5 Å². The van der Waals surface area contributed by atoms with E-state index in [0.717, 1.165) is 5.56 Å². The molecule has 6 heteroatoms. The second-order valence-electron chi connectivity index (χ2n) is 6.14. The van der Waals surface area contributed by atoms with Crippen LogP contribution in [0.2, 0.25) is 0 Å². The van der Waals surface area contributed by atoms with Gasteiger partial charge in [-0.2, -0.15) is 0 Å². The summed E-state index contributed by atoms with van der Waals surface area (Å²) in [6.45, 7) is 1.77. The average molecular weight is 378 g/mol. The number of hydrogen-bond donors (Lipinski definition) is 2. The van der Waals surface area contributed by atoms with Gasteiger partial charge in [0.2, 0.25) is 0 Å². The third-order valence-corrected chi connectivity index (χ3v) is 4.22. The number of amides is 2. The van der Waals surface area contributed by atoms with Gasteiger partial charge in [0.05, 0.1) is 18.4 Å². The molecule has 2 amide bonds. The Morgan fingerprint density at radius 2 is 1.54 bits per heavy atom. The Labute approximate surface area is 162 Å². The Bertz CT molecular complexity index is 1020. The van der Waals surface area contributed by atoms with Crippen molar-refractivity contribution in [3.63, 3.8) is 0 Å². The fraction of sp³-hybridized carbons (Fsp3) is 0.0909. The third-order valence-electron chi connectivity index (χ3n) is 4.22. The molecule has 0 aliphatic rings. The molecule has 0 unspecified atom stereocenters. The number of aryl methyl sites for hydroxylation is 1. The fourth-order valence-corrected chi connectivity index (χ4v) is 2.65. The highest BCUT2D eigenvalue weighted by Gasteiger charge is 2.15. The standard InChI is InChI=1S/C22H19FN2O3/c1-14-7-10-16(23)13-20(14)25-22(27)18-5-3-4-6-19(18)24-21(26)15-8-11-17(28-2)12-9-15/h3-13H,1-2H3,(H,24,26)(H,25,27). The predicted molar refractivity (Wildman–Crippen MR) is 106 cm³/mol. The van der Waals surface area contributed by atoms with Crippen LogP contribution in [-0.4, -0.2) is 18.9 Å². The van der Waals surface area contributed by atoms with Gasteiger partial charge in [0, 0.05) is 11.3 Å². The van der Waals surface area contributed by atoms with Crippen LogP contribution in [0.15, 0.2) is 66.7 Å². The van der Waals surface area contributed by atoms with Gasteiger partial charge in [0.15, 0.2) is 0 Å². The van der Waals surface area contributed by atoms with E-state index in [9.17, 15) is 14.0 Å². The molecular formula is C22H19FN2O3. The zero-order valence-electron chi connectivity index (χ0n) is 15.5. The maximum absolute atomic E-state index is 13.5. The number of halogens is 1. The van der Waals surface area contributed by atoms with E-state index in [1.54, 1.807) is 68.6 Å². The molecule has 0 aliphatic heterocycles. The van der Waals surface area contributed by atoms with Gasteiger partial charge in [0.25, 0.3) is 11.8 Å². The number of rotatable bonds is 5. The number of anilines is 2. The lowest BCUT2D eigenvalue weighted by molar-refractivity contribution is 0.102. The van der Waals surface area contributed by atoms with Gasteiger partial charge in [-0.1, -0.05) is 18.2 Å². The van der Waals surface area contributed by atoms with Gasteiger partial charge in [-0.3, -0.25) is 9.59 Å². The molecule has 5 nitrogen and oxygen atoms in total. The van der Waals surface area contributed by atoms with Crippen molar-refractivity contribution < 1.29 is 18.7 Å². The molecule has 0 bridgehead atoms. The molecule has 28 heavy (non-hydrogen) atoms. The Morgan fingerprint density at radius 1 is 0.857 bits per heavy atom. The molecule has 3 aromatic carbocycles. The number of carbonyl (C=O) groups is 2. The van der Waals surface area contributed by atoms with Crippen molar-refractivity contribution in [3.05, 3.63) is 89.2 Å². The lowest BCUT2D eigenvalue weighted by Gasteiger charge is -2.13. The van der Waals surface area contributed by atoms with Crippen LogP contribution in [0.3, 0.4) is 0 Å². The van der Waals surface area contributed by atoms with Crippen LogP contribution in [0.4, 0.5) is 15.8 Å². The highest BCUT2D eigenvalue weighted by atomic mass is 19.1. The van der Waals surface area contributed by atoms with Gasteiger partial charge in [-0.25, -0.2) is 4.39 Å². The first-order valence-electron chi connectivity index (χ1n) is 8.60. The van der Waals surface area contributed by atoms with Crippen molar-refractivity contribution in [2.75, 3.05) is 17.7 Å². The molecule has 0 heterocycles. The van der Waals surface area contributed by atoms with E-state index < -0.39 is 11.7 Å². The molecule has 0 saturated heterocycles. The summed E-state index contributed by atoms with van der Waals surface area (Å²) < 4.78 is 18.6. The summed E-state index contributed by atoms with van der Waals surface area (Å²) in [4.78, 5) is 25.2. The van der Waals surface area contributed by atoms with Crippen molar-refractivity contribution in [2.24, 2.45) is 0 Å². The first-order chi connectivity index (χ1) is 13.5. The SMILES string of the molecule is COc1ccc(C(=O)Nc2ccccc2C(=O)Nc2cc(F)ccc2C)cc1. The largest absolute Gasteiger partial charge is 0.497 e. The second-order valence-corrected chi connectivity index (χ2v) is 6.14. The molecule has 3 aromatic rings. The maximum Gasteiger partial charge on any atom is 0.257 e.